The predicted octanol–water partition coefficient (Wildman–Crippen LogP) is 3.43. The van der Waals surface area contributed by atoms with E-state index in [0.29, 0.717) is 6.42 Å². The molecule has 1 aromatic carbocycles. The molecule has 0 aliphatic heterocycles. The number of aliphatic hydroxyl groups excluding tert-OH is 1. The minimum absolute atomic E-state index is 0.135. The Morgan fingerprint density at radius 3 is 2.43 bits per heavy atom. The summed E-state index contributed by atoms with van der Waals surface area (Å²) in [6.07, 6.45) is 5.96. The summed E-state index contributed by atoms with van der Waals surface area (Å²) in [6, 6.07) is 9.24. The van der Waals surface area contributed by atoms with Gasteiger partial charge in [-0.05, 0) is 56.3 Å². The van der Waals surface area contributed by atoms with Crippen molar-refractivity contribution >= 4 is 0 Å². The van der Waals surface area contributed by atoms with Crippen LogP contribution in [-0.2, 0) is 6.54 Å². The predicted molar refractivity (Wildman–Crippen MR) is 87.9 cm³/mol. The highest BCUT2D eigenvalue weighted by Gasteiger charge is 2.21. The summed E-state index contributed by atoms with van der Waals surface area (Å²) in [5.74, 6) is 6.94. The van der Waals surface area contributed by atoms with Crippen molar-refractivity contribution in [2.45, 2.75) is 51.6 Å². The van der Waals surface area contributed by atoms with Crippen molar-refractivity contribution in [3.63, 3.8) is 0 Å². The molecule has 1 saturated carbocycles. The normalized spacial score (nSPS) is 21.9. The third-order valence-electron chi connectivity index (χ3n) is 4.46. The van der Waals surface area contributed by atoms with Crippen LogP contribution in [0.2, 0.25) is 0 Å². The van der Waals surface area contributed by atoms with Gasteiger partial charge in [0.2, 0.25) is 0 Å². The fraction of sp³-hybridized carbons (Fsp3) is 0.579. The number of aliphatic hydroxyl groups is 1. The fourth-order valence-corrected chi connectivity index (χ4v) is 3.01. The molecule has 0 unspecified atom stereocenters. The monoisotopic (exact) mass is 285 g/mol. The van der Waals surface area contributed by atoms with E-state index in [-0.39, 0.29) is 6.61 Å². The second-order valence-electron chi connectivity index (χ2n) is 6.30. The zero-order valence-corrected chi connectivity index (χ0v) is 13.3. The standard InChI is InChI=1S/C19H27NO/c1-16-6-12-19(13-7-16)20(2)15-18-10-8-17(9-11-18)5-3-4-14-21/h8-11,16,19,21H,4,6-7,12-15H2,1-2H3. The van der Waals surface area contributed by atoms with Crippen molar-refractivity contribution < 1.29 is 5.11 Å². The number of hydrogen-bond donors (Lipinski definition) is 1. The molecule has 1 aliphatic rings. The van der Waals surface area contributed by atoms with Crippen molar-refractivity contribution in [3.05, 3.63) is 35.4 Å². The smallest absolute Gasteiger partial charge is 0.0540 e. The van der Waals surface area contributed by atoms with Gasteiger partial charge < -0.3 is 5.11 Å². The third-order valence-corrected chi connectivity index (χ3v) is 4.46. The largest absolute Gasteiger partial charge is 0.395 e. The fourth-order valence-electron chi connectivity index (χ4n) is 3.01. The van der Waals surface area contributed by atoms with E-state index in [1.54, 1.807) is 0 Å². The molecule has 114 valence electrons. The maximum absolute atomic E-state index is 8.72. The Balaban J connectivity index is 1.86. The van der Waals surface area contributed by atoms with Crippen molar-refractivity contribution in [1.82, 2.24) is 4.90 Å². The van der Waals surface area contributed by atoms with Crippen molar-refractivity contribution in [1.29, 1.82) is 0 Å². The Kier molecular flexibility index (Phi) is 6.29. The van der Waals surface area contributed by atoms with Crippen LogP contribution in [0.5, 0.6) is 0 Å². The lowest BCUT2D eigenvalue weighted by Crippen LogP contribution is -2.34. The quantitative estimate of drug-likeness (QED) is 0.857. The lowest BCUT2D eigenvalue weighted by atomic mass is 9.86. The van der Waals surface area contributed by atoms with Crippen LogP contribution in [0.3, 0.4) is 0 Å². The Morgan fingerprint density at radius 2 is 1.81 bits per heavy atom. The second kappa shape index (κ2) is 8.22. The van der Waals surface area contributed by atoms with Crippen LogP contribution in [0, 0.1) is 17.8 Å². The highest BCUT2D eigenvalue weighted by Crippen LogP contribution is 2.27. The van der Waals surface area contributed by atoms with Gasteiger partial charge in [-0.1, -0.05) is 30.9 Å². The van der Waals surface area contributed by atoms with Gasteiger partial charge in [0.15, 0.2) is 0 Å². The molecule has 1 aromatic rings. The Hall–Kier alpha value is -1.30. The Labute approximate surface area is 129 Å². The minimum Gasteiger partial charge on any atom is -0.395 e. The molecule has 21 heavy (non-hydrogen) atoms. The van der Waals surface area contributed by atoms with Gasteiger partial charge in [-0.3, -0.25) is 4.90 Å². The molecule has 0 spiro atoms. The molecule has 2 heteroatoms. The first kappa shape index (κ1) is 16.1. The topological polar surface area (TPSA) is 23.5 Å². The van der Waals surface area contributed by atoms with Crippen LogP contribution in [0.15, 0.2) is 24.3 Å². The second-order valence-corrected chi connectivity index (χ2v) is 6.30. The molecule has 0 atom stereocenters. The van der Waals surface area contributed by atoms with Gasteiger partial charge in [0.1, 0.15) is 0 Å². The number of rotatable bonds is 4. The first-order valence-electron chi connectivity index (χ1n) is 8.08. The summed E-state index contributed by atoms with van der Waals surface area (Å²) >= 11 is 0. The molecule has 1 aliphatic carbocycles. The molecule has 1 fully saturated rings. The lowest BCUT2D eigenvalue weighted by molar-refractivity contribution is 0.164. The molecule has 2 rings (SSSR count). The summed E-state index contributed by atoms with van der Waals surface area (Å²) in [4.78, 5) is 2.50. The zero-order chi connectivity index (χ0) is 15.1. The van der Waals surface area contributed by atoms with Crippen molar-refractivity contribution in [3.8, 4) is 11.8 Å². The molecule has 1 N–H and O–H groups in total. The van der Waals surface area contributed by atoms with E-state index in [1.165, 1.54) is 31.2 Å². The maximum atomic E-state index is 8.72. The SMILES string of the molecule is CC1CCC(N(C)Cc2ccc(C#CCCO)cc2)CC1. The molecule has 0 bridgehead atoms. The third kappa shape index (κ3) is 5.19. The molecular formula is C19H27NO. The van der Waals surface area contributed by atoms with E-state index in [2.05, 4.69) is 55.0 Å². The summed E-state index contributed by atoms with van der Waals surface area (Å²) in [5, 5.41) is 8.72. The number of hydrogen-bond acceptors (Lipinski definition) is 2. The molecule has 0 amide bonds. The van der Waals surface area contributed by atoms with Gasteiger partial charge in [0, 0.05) is 24.6 Å². The van der Waals surface area contributed by atoms with E-state index < -0.39 is 0 Å². The van der Waals surface area contributed by atoms with Gasteiger partial charge in [-0.2, -0.15) is 0 Å². The van der Waals surface area contributed by atoms with E-state index in [0.717, 1.165) is 24.1 Å². The maximum Gasteiger partial charge on any atom is 0.0540 e. The highest BCUT2D eigenvalue weighted by atomic mass is 16.2. The van der Waals surface area contributed by atoms with Crippen LogP contribution in [0.4, 0.5) is 0 Å². The molecule has 0 saturated heterocycles. The van der Waals surface area contributed by atoms with Crippen LogP contribution < -0.4 is 0 Å². The first-order chi connectivity index (χ1) is 10.2. The number of benzene rings is 1. The molecule has 0 radical (unpaired) electrons. The van der Waals surface area contributed by atoms with E-state index in [9.17, 15) is 0 Å². The molecule has 0 heterocycles. The van der Waals surface area contributed by atoms with Crippen LogP contribution >= 0.6 is 0 Å². The minimum atomic E-state index is 0.135. The summed E-state index contributed by atoms with van der Waals surface area (Å²) in [7, 11) is 2.25. The van der Waals surface area contributed by atoms with Gasteiger partial charge >= 0.3 is 0 Å². The summed E-state index contributed by atoms with van der Waals surface area (Å²) in [6.45, 7) is 3.52. The average Bonchev–Trinajstić information content (AvgIpc) is 2.50. The summed E-state index contributed by atoms with van der Waals surface area (Å²) in [5.41, 5.74) is 2.38. The van der Waals surface area contributed by atoms with Crippen molar-refractivity contribution in [2.24, 2.45) is 5.92 Å². The van der Waals surface area contributed by atoms with E-state index in [1.807, 2.05) is 0 Å². The zero-order valence-electron chi connectivity index (χ0n) is 13.3. The lowest BCUT2D eigenvalue weighted by Gasteiger charge is -2.33. The van der Waals surface area contributed by atoms with E-state index >= 15 is 0 Å². The summed E-state index contributed by atoms with van der Waals surface area (Å²) < 4.78 is 0. The molecule has 2 nitrogen and oxygen atoms in total. The van der Waals surface area contributed by atoms with Gasteiger partial charge in [-0.25, -0.2) is 0 Å². The Morgan fingerprint density at radius 1 is 1.14 bits per heavy atom. The van der Waals surface area contributed by atoms with Crippen LogP contribution in [0.25, 0.3) is 0 Å². The van der Waals surface area contributed by atoms with E-state index in [4.69, 9.17) is 5.11 Å². The average molecular weight is 285 g/mol. The van der Waals surface area contributed by atoms with Gasteiger partial charge in [0.25, 0.3) is 0 Å². The Bertz CT molecular complexity index is 475. The highest BCUT2D eigenvalue weighted by molar-refractivity contribution is 5.36. The molecule has 0 aromatic heterocycles. The van der Waals surface area contributed by atoms with Crippen LogP contribution in [0.1, 0.15) is 50.2 Å². The first-order valence-corrected chi connectivity index (χ1v) is 8.08. The van der Waals surface area contributed by atoms with Gasteiger partial charge in [-0.15, -0.1) is 0 Å². The van der Waals surface area contributed by atoms with Gasteiger partial charge in [0.05, 0.1) is 6.61 Å². The van der Waals surface area contributed by atoms with Crippen molar-refractivity contribution in [2.75, 3.05) is 13.7 Å². The van der Waals surface area contributed by atoms with Crippen LogP contribution in [-0.4, -0.2) is 29.7 Å². The molecular weight excluding hydrogens is 258 g/mol. The number of nitrogens with zero attached hydrogens (tertiary/aromatic N) is 1.